The number of amides is 1. The summed E-state index contributed by atoms with van der Waals surface area (Å²) in [5.74, 6) is 1.13. The van der Waals surface area contributed by atoms with Crippen LogP contribution in [0.2, 0.25) is 0 Å². The normalized spacial score (nSPS) is 11.8. The first kappa shape index (κ1) is 27.4. The Labute approximate surface area is 238 Å². The summed E-state index contributed by atoms with van der Waals surface area (Å²) in [6.07, 6.45) is 0.774. The second kappa shape index (κ2) is 13.3. The van der Waals surface area contributed by atoms with E-state index in [0.29, 0.717) is 29.4 Å². The third kappa shape index (κ3) is 7.48. The third-order valence-electron chi connectivity index (χ3n) is 6.36. The monoisotopic (exact) mass is 548 g/mol. The molecule has 0 fully saturated rings. The number of halogens is 1. The molecule has 0 heterocycles. The standard InChI is InChI=1S/C34H29FN2O4/c1-24(41-30-18-16-29(17-19-30)39-22-25-7-3-2-4-8-25)34(38)37-36-21-32-31-10-6-5-9-27(31)13-20-33(32)40-23-26-11-14-28(35)15-12-26/h2-21,24H,22-23H2,1H3,(H,37,38)/b36-21-/t24-/m1/s1. The van der Waals surface area contributed by atoms with E-state index in [0.717, 1.165) is 21.9 Å². The van der Waals surface area contributed by atoms with Crippen molar-refractivity contribution in [2.24, 2.45) is 5.10 Å². The fourth-order valence-electron chi connectivity index (χ4n) is 4.14. The Bertz CT molecular complexity index is 1620. The van der Waals surface area contributed by atoms with Gasteiger partial charge < -0.3 is 14.2 Å². The van der Waals surface area contributed by atoms with Crippen LogP contribution in [-0.4, -0.2) is 18.2 Å². The molecule has 0 bridgehead atoms. The molecule has 0 aliphatic carbocycles. The summed E-state index contributed by atoms with van der Waals surface area (Å²) in [7, 11) is 0. The van der Waals surface area contributed by atoms with Crippen molar-refractivity contribution in [3.05, 3.63) is 138 Å². The summed E-state index contributed by atoms with van der Waals surface area (Å²) in [6, 6.07) is 34.8. The van der Waals surface area contributed by atoms with E-state index < -0.39 is 12.0 Å². The second-order valence-electron chi connectivity index (χ2n) is 9.35. The smallest absolute Gasteiger partial charge is 0.280 e. The van der Waals surface area contributed by atoms with Crippen LogP contribution in [0.25, 0.3) is 10.8 Å². The minimum atomic E-state index is -0.787. The molecule has 0 saturated carbocycles. The molecule has 0 spiro atoms. The lowest BCUT2D eigenvalue weighted by atomic mass is 10.0. The molecule has 6 nitrogen and oxygen atoms in total. The van der Waals surface area contributed by atoms with Gasteiger partial charge in [0, 0.05) is 5.56 Å². The largest absolute Gasteiger partial charge is 0.489 e. The Morgan fingerprint density at radius 1 is 0.780 bits per heavy atom. The summed E-state index contributed by atoms with van der Waals surface area (Å²) < 4.78 is 30.9. The van der Waals surface area contributed by atoms with Crippen LogP contribution in [0.1, 0.15) is 23.6 Å². The van der Waals surface area contributed by atoms with Crippen LogP contribution in [0.3, 0.4) is 0 Å². The highest BCUT2D eigenvalue weighted by molar-refractivity contribution is 6.02. The van der Waals surface area contributed by atoms with Crippen molar-refractivity contribution < 1.29 is 23.4 Å². The average molecular weight is 549 g/mol. The number of hydrogen-bond acceptors (Lipinski definition) is 5. The molecule has 0 aliphatic heterocycles. The average Bonchev–Trinajstić information content (AvgIpc) is 3.01. The number of benzene rings is 5. The first-order chi connectivity index (χ1) is 20.0. The molecule has 0 saturated heterocycles. The number of ether oxygens (including phenoxy) is 3. The van der Waals surface area contributed by atoms with Crippen molar-refractivity contribution in [2.75, 3.05) is 0 Å². The van der Waals surface area contributed by atoms with E-state index in [2.05, 4.69) is 10.5 Å². The SMILES string of the molecule is C[C@@H](Oc1ccc(OCc2ccccc2)cc1)C(=O)N/N=C\c1c(OCc2ccc(F)cc2)ccc2ccccc12. The Balaban J connectivity index is 1.20. The van der Waals surface area contributed by atoms with Gasteiger partial charge in [-0.3, -0.25) is 4.79 Å². The molecule has 41 heavy (non-hydrogen) atoms. The molecule has 5 aromatic carbocycles. The Kier molecular flexibility index (Phi) is 8.86. The van der Waals surface area contributed by atoms with E-state index >= 15 is 0 Å². The van der Waals surface area contributed by atoms with Crippen LogP contribution in [0.5, 0.6) is 17.2 Å². The van der Waals surface area contributed by atoms with Gasteiger partial charge in [-0.2, -0.15) is 5.10 Å². The zero-order valence-corrected chi connectivity index (χ0v) is 22.5. The van der Waals surface area contributed by atoms with Gasteiger partial charge in [0.05, 0.1) is 6.21 Å². The number of fused-ring (bicyclic) bond motifs is 1. The zero-order valence-electron chi connectivity index (χ0n) is 22.5. The molecule has 5 aromatic rings. The lowest BCUT2D eigenvalue weighted by Crippen LogP contribution is -2.33. The number of hydrazone groups is 1. The minimum Gasteiger partial charge on any atom is -0.489 e. The quantitative estimate of drug-likeness (QED) is 0.142. The highest BCUT2D eigenvalue weighted by Gasteiger charge is 2.15. The highest BCUT2D eigenvalue weighted by Crippen LogP contribution is 2.27. The number of carbonyl (C=O) groups is 1. The topological polar surface area (TPSA) is 69.2 Å². The van der Waals surface area contributed by atoms with E-state index in [1.54, 1.807) is 49.5 Å². The fourth-order valence-corrected chi connectivity index (χ4v) is 4.14. The predicted molar refractivity (Wildman–Crippen MR) is 158 cm³/mol. The van der Waals surface area contributed by atoms with Gasteiger partial charge in [0.2, 0.25) is 0 Å². The first-order valence-corrected chi connectivity index (χ1v) is 13.2. The minimum absolute atomic E-state index is 0.257. The molecular weight excluding hydrogens is 519 g/mol. The molecule has 1 N–H and O–H groups in total. The molecular formula is C34H29FN2O4. The van der Waals surface area contributed by atoms with E-state index in [1.807, 2.05) is 66.7 Å². The van der Waals surface area contributed by atoms with Crippen molar-refractivity contribution in [3.63, 3.8) is 0 Å². The maximum Gasteiger partial charge on any atom is 0.280 e. The molecule has 1 amide bonds. The summed E-state index contributed by atoms with van der Waals surface area (Å²) in [5, 5.41) is 6.11. The molecule has 1 atom stereocenters. The Morgan fingerprint density at radius 2 is 1.44 bits per heavy atom. The lowest BCUT2D eigenvalue weighted by molar-refractivity contribution is -0.127. The fraction of sp³-hybridized carbons (Fsp3) is 0.118. The summed E-state index contributed by atoms with van der Waals surface area (Å²) in [4.78, 5) is 12.7. The zero-order chi connectivity index (χ0) is 28.4. The van der Waals surface area contributed by atoms with Crippen LogP contribution in [-0.2, 0) is 18.0 Å². The maximum absolute atomic E-state index is 13.3. The predicted octanol–water partition coefficient (Wildman–Crippen LogP) is 7.05. The number of rotatable bonds is 11. The molecule has 5 rings (SSSR count). The number of hydrogen-bond donors (Lipinski definition) is 1. The third-order valence-corrected chi connectivity index (χ3v) is 6.36. The van der Waals surface area contributed by atoms with Gasteiger partial charge in [-0.1, -0.05) is 72.8 Å². The van der Waals surface area contributed by atoms with Gasteiger partial charge in [-0.25, -0.2) is 9.82 Å². The van der Waals surface area contributed by atoms with Crippen LogP contribution in [0.4, 0.5) is 4.39 Å². The highest BCUT2D eigenvalue weighted by atomic mass is 19.1. The van der Waals surface area contributed by atoms with E-state index in [-0.39, 0.29) is 12.4 Å². The van der Waals surface area contributed by atoms with Gasteiger partial charge in [0.25, 0.3) is 5.91 Å². The van der Waals surface area contributed by atoms with Crippen molar-refractivity contribution >= 4 is 22.9 Å². The van der Waals surface area contributed by atoms with Gasteiger partial charge in [-0.15, -0.1) is 0 Å². The maximum atomic E-state index is 13.3. The van der Waals surface area contributed by atoms with Gasteiger partial charge in [-0.05, 0) is 71.3 Å². The molecule has 206 valence electrons. The molecule has 0 aliphatic rings. The van der Waals surface area contributed by atoms with Gasteiger partial charge in [0.15, 0.2) is 6.10 Å². The molecule has 0 aromatic heterocycles. The Morgan fingerprint density at radius 3 is 2.22 bits per heavy atom. The molecule has 0 radical (unpaired) electrons. The van der Waals surface area contributed by atoms with Crippen molar-refractivity contribution in [3.8, 4) is 17.2 Å². The van der Waals surface area contributed by atoms with E-state index in [9.17, 15) is 9.18 Å². The number of nitrogens with one attached hydrogen (secondary N) is 1. The van der Waals surface area contributed by atoms with Crippen LogP contribution >= 0.6 is 0 Å². The summed E-state index contributed by atoms with van der Waals surface area (Å²) in [5.41, 5.74) is 5.18. The van der Waals surface area contributed by atoms with Crippen LogP contribution in [0.15, 0.2) is 120 Å². The van der Waals surface area contributed by atoms with E-state index in [4.69, 9.17) is 14.2 Å². The van der Waals surface area contributed by atoms with Crippen molar-refractivity contribution in [1.29, 1.82) is 0 Å². The van der Waals surface area contributed by atoms with Crippen molar-refractivity contribution in [2.45, 2.75) is 26.2 Å². The van der Waals surface area contributed by atoms with Gasteiger partial charge in [0.1, 0.15) is 36.3 Å². The lowest BCUT2D eigenvalue weighted by Gasteiger charge is -2.14. The summed E-state index contributed by atoms with van der Waals surface area (Å²) in [6.45, 7) is 2.38. The first-order valence-electron chi connectivity index (χ1n) is 13.2. The second-order valence-corrected chi connectivity index (χ2v) is 9.35. The van der Waals surface area contributed by atoms with Crippen molar-refractivity contribution in [1.82, 2.24) is 5.43 Å². The van der Waals surface area contributed by atoms with Crippen LogP contribution < -0.4 is 19.6 Å². The molecule has 0 unspecified atom stereocenters. The van der Waals surface area contributed by atoms with Crippen LogP contribution in [0, 0.1) is 5.82 Å². The number of carbonyl (C=O) groups excluding carboxylic acids is 1. The van der Waals surface area contributed by atoms with Gasteiger partial charge >= 0.3 is 0 Å². The summed E-state index contributed by atoms with van der Waals surface area (Å²) >= 11 is 0. The number of nitrogens with zero attached hydrogens (tertiary/aromatic N) is 1. The van der Waals surface area contributed by atoms with E-state index in [1.165, 1.54) is 12.1 Å². The Hall–Kier alpha value is -5.17. The molecule has 7 heteroatoms.